The number of nitrogens with zero attached hydrogens (tertiary/aromatic N) is 4. The highest BCUT2D eigenvalue weighted by Crippen LogP contribution is 2.27. The SMILES string of the molecule is C=CCN(C(C)=O)c1nnc(N(CC)C(C)=O)s1. The average Bonchev–Trinajstić information content (AvgIpc) is 2.75. The lowest BCUT2D eigenvalue weighted by Crippen LogP contribution is -2.28. The third-order valence-corrected chi connectivity index (χ3v) is 3.22. The Labute approximate surface area is 110 Å². The van der Waals surface area contributed by atoms with Crippen LogP contribution in [0.1, 0.15) is 20.8 Å². The molecule has 7 heteroatoms. The van der Waals surface area contributed by atoms with E-state index in [1.807, 2.05) is 6.92 Å². The van der Waals surface area contributed by atoms with Gasteiger partial charge in [0.1, 0.15) is 0 Å². The zero-order valence-corrected chi connectivity index (χ0v) is 11.5. The molecule has 0 radical (unpaired) electrons. The van der Waals surface area contributed by atoms with Crippen molar-refractivity contribution in [3.63, 3.8) is 0 Å². The molecule has 0 spiro atoms. The van der Waals surface area contributed by atoms with Crippen LogP contribution in [0.15, 0.2) is 12.7 Å². The first-order valence-corrected chi connectivity index (χ1v) is 6.33. The highest BCUT2D eigenvalue weighted by molar-refractivity contribution is 7.19. The molecule has 1 heterocycles. The monoisotopic (exact) mass is 268 g/mol. The van der Waals surface area contributed by atoms with Crippen molar-refractivity contribution in [2.45, 2.75) is 20.8 Å². The van der Waals surface area contributed by atoms with Gasteiger partial charge < -0.3 is 0 Å². The molecule has 1 aromatic rings. The van der Waals surface area contributed by atoms with Gasteiger partial charge in [-0.25, -0.2) is 0 Å². The Morgan fingerprint density at radius 1 is 1.22 bits per heavy atom. The molecule has 0 N–H and O–H groups in total. The minimum atomic E-state index is -0.136. The molecular weight excluding hydrogens is 252 g/mol. The van der Waals surface area contributed by atoms with Gasteiger partial charge in [0.25, 0.3) is 0 Å². The second kappa shape index (κ2) is 6.25. The first kappa shape index (κ1) is 14.3. The molecule has 0 bridgehead atoms. The third-order valence-electron chi connectivity index (χ3n) is 2.25. The molecular formula is C11H16N4O2S. The fraction of sp³-hybridized carbons (Fsp3) is 0.455. The van der Waals surface area contributed by atoms with E-state index in [1.54, 1.807) is 6.08 Å². The highest BCUT2D eigenvalue weighted by Gasteiger charge is 2.19. The molecule has 0 atom stereocenters. The quantitative estimate of drug-likeness (QED) is 0.758. The molecule has 0 aromatic carbocycles. The molecule has 0 aliphatic rings. The Hall–Kier alpha value is -1.76. The maximum atomic E-state index is 11.5. The first-order valence-electron chi connectivity index (χ1n) is 5.51. The minimum Gasteiger partial charge on any atom is -0.287 e. The van der Waals surface area contributed by atoms with E-state index in [2.05, 4.69) is 16.8 Å². The van der Waals surface area contributed by atoms with E-state index in [0.29, 0.717) is 23.4 Å². The van der Waals surface area contributed by atoms with E-state index in [1.165, 1.54) is 35.0 Å². The van der Waals surface area contributed by atoms with Gasteiger partial charge in [-0.2, -0.15) is 0 Å². The van der Waals surface area contributed by atoms with Gasteiger partial charge in [-0.05, 0) is 6.92 Å². The van der Waals surface area contributed by atoms with Crippen LogP contribution < -0.4 is 9.80 Å². The number of rotatable bonds is 5. The first-order chi connectivity index (χ1) is 8.51. The number of carbonyl (C=O) groups excluding carboxylic acids is 2. The van der Waals surface area contributed by atoms with E-state index in [-0.39, 0.29) is 11.8 Å². The topological polar surface area (TPSA) is 66.4 Å². The molecule has 18 heavy (non-hydrogen) atoms. The van der Waals surface area contributed by atoms with Crippen LogP contribution in [0.4, 0.5) is 10.3 Å². The molecule has 1 aromatic heterocycles. The van der Waals surface area contributed by atoms with Gasteiger partial charge in [0.05, 0.1) is 0 Å². The van der Waals surface area contributed by atoms with Crippen molar-refractivity contribution in [2.75, 3.05) is 22.9 Å². The molecule has 0 aliphatic carbocycles. The normalized spacial score (nSPS) is 9.94. The standard InChI is InChI=1S/C11H16N4O2S/c1-5-7-15(9(4)17)11-13-12-10(18-11)14(6-2)8(3)16/h5H,1,6-7H2,2-4H3. The number of anilines is 2. The zero-order valence-electron chi connectivity index (χ0n) is 10.7. The van der Waals surface area contributed by atoms with Crippen molar-refractivity contribution in [3.8, 4) is 0 Å². The summed E-state index contributed by atoms with van der Waals surface area (Å²) in [5.74, 6) is -0.234. The fourth-order valence-electron chi connectivity index (χ4n) is 1.39. The van der Waals surface area contributed by atoms with Gasteiger partial charge in [0, 0.05) is 26.9 Å². The summed E-state index contributed by atoms with van der Waals surface area (Å²) in [6, 6.07) is 0. The van der Waals surface area contributed by atoms with Crippen molar-refractivity contribution in [2.24, 2.45) is 0 Å². The van der Waals surface area contributed by atoms with Crippen LogP contribution in [0.3, 0.4) is 0 Å². The van der Waals surface area contributed by atoms with Gasteiger partial charge in [0.15, 0.2) is 0 Å². The number of carbonyl (C=O) groups is 2. The Morgan fingerprint density at radius 3 is 2.11 bits per heavy atom. The van der Waals surface area contributed by atoms with E-state index in [9.17, 15) is 9.59 Å². The van der Waals surface area contributed by atoms with Crippen molar-refractivity contribution in [3.05, 3.63) is 12.7 Å². The lowest BCUT2D eigenvalue weighted by Gasteiger charge is -2.15. The second-order valence-corrected chi connectivity index (χ2v) is 4.48. The molecule has 0 aliphatic heterocycles. The Bertz CT molecular complexity index is 458. The van der Waals surface area contributed by atoms with Crippen LogP contribution >= 0.6 is 11.3 Å². The van der Waals surface area contributed by atoms with E-state index >= 15 is 0 Å². The fourth-order valence-corrected chi connectivity index (χ4v) is 2.40. The number of aromatic nitrogens is 2. The Balaban J connectivity index is 3.00. The molecule has 1 rings (SSSR count). The summed E-state index contributed by atoms with van der Waals surface area (Å²) < 4.78 is 0. The maximum Gasteiger partial charge on any atom is 0.225 e. The molecule has 0 fully saturated rings. The molecule has 6 nitrogen and oxygen atoms in total. The summed E-state index contributed by atoms with van der Waals surface area (Å²) in [5, 5.41) is 8.84. The summed E-state index contributed by atoms with van der Waals surface area (Å²) in [6.07, 6.45) is 1.62. The molecule has 2 amide bonds. The lowest BCUT2D eigenvalue weighted by atomic mass is 10.5. The summed E-state index contributed by atoms with van der Waals surface area (Å²) in [6.45, 7) is 9.26. The molecule has 98 valence electrons. The predicted octanol–water partition coefficient (Wildman–Crippen LogP) is 1.45. The Morgan fingerprint density at radius 2 is 1.72 bits per heavy atom. The van der Waals surface area contributed by atoms with Gasteiger partial charge >= 0.3 is 0 Å². The van der Waals surface area contributed by atoms with Gasteiger partial charge in [-0.3, -0.25) is 19.4 Å². The van der Waals surface area contributed by atoms with Crippen LogP contribution in [0.5, 0.6) is 0 Å². The number of hydrogen-bond donors (Lipinski definition) is 0. The zero-order chi connectivity index (χ0) is 13.7. The van der Waals surface area contributed by atoms with Gasteiger partial charge in [-0.15, -0.1) is 16.8 Å². The lowest BCUT2D eigenvalue weighted by molar-refractivity contribution is -0.117. The molecule has 0 saturated heterocycles. The highest BCUT2D eigenvalue weighted by atomic mass is 32.1. The summed E-state index contributed by atoms with van der Waals surface area (Å²) >= 11 is 1.21. The Kier molecular flexibility index (Phi) is 4.96. The van der Waals surface area contributed by atoms with Crippen LogP contribution in [0.2, 0.25) is 0 Å². The van der Waals surface area contributed by atoms with Crippen molar-refractivity contribution in [1.82, 2.24) is 10.2 Å². The minimum absolute atomic E-state index is 0.0988. The van der Waals surface area contributed by atoms with Crippen LogP contribution in [0, 0.1) is 0 Å². The summed E-state index contributed by atoms with van der Waals surface area (Å²) in [7, 11) is 0. The van der Waals surface area contributed by atoms with Crippen molar-refractivity contribution in [1.29, 1.82) is 0 Å². The average molecular weight is 268 g/mol. The van der Waals surface area contributed by atoms with Gasteiger partial charge in [-0.1, -0.05) is 17.4 Å². The predicted molar refractivity (Wildman–Crippen MR) is 71.8 cm³/mol. The van der Waals surface area contributed by atoms with Crippen molar-refractivity contribution < 1.29 is 9.59 Å². The maximum absolute atomic E-state index is 11.5. The van der Waals surface area contributed by atoms with E-state index in [4.69, 9.17) is 0 Å². The van der Waals surface area contributed by atoms with Crippen molar-refractivity contribution >= 4 is 33.4 Å². The summed E-state index contributed by atoms with van der Waals surface area (Å²) in [4.78, 5) is 25.8. The van der Waals surface area contributed by atoms with Crippen LogP contribution in [0.25, 0.3) is 0 Å². The largest absolute Gasteiger partial charge is 0.287 e. The smallest absolute Gasteiger partial charge is 0.225 e. The molecule has 0 saturated carbocycles. The van der Waals surface area contributed by atoms with Crippen LogP contribution in [-0.4, -0.2) is 35.1 Å². The number of amides is 2. The molecule has 0 unspecified atom stereocenters. The second-order valence-electron chi connectivity index (χ2n) is 3.55. The summed E-state index contributed by atoms with van der Waals surface area (Å²) in [5.41, 5.74) is 0. The van der Waals surface area contributed by atoms with Gasteiger partial charge in [0.2, 0.25) is 22.1 Å². The third kappa shape index (κ3) is 3.13. The number of hydrogen-bond acceptors (Lipinski definition) is 5. The van der Waals surface area contributed by atoms with Crippen LogP contribution in [-0.2, 0) is 9.59 Å². The van der Waals surface area contributed by atoms with E-state index in [0.717, 1.165) is 0 Å². The van der Waals surface area contributed by atoms with E-state index < -0.39 is 0 Å².